The summed E-state index contributed by atoms with van der Waals surface area (Å²) in [5.74, 6) is -1.60. The molecule has 0 aromatic heterocycles. The minimum absolute atomic E-state index is 0.128. The van der Waals surface area contributed by atoms with E-state index in [4.69, 9.17) is 10.8 Å². The quantitative estimate of drug-likeness (QED) is 0.791. The summed E-state index contributed by atoms with van der Waals surface area (Å²) >= 11 is 0. The molecule has 2 unspecified atom stereocenters. The average Bonchev–Trinajstić information content (AvgIpc) is 2.83. The summed E-state index contributed by atoms with van der Waals surface area (Å²) < 4.78 is 0. The molecule has 0 spiro atoms. The topological polar surface area (TPSA) is 83.6 Å². The van der Waals surface area contributed by atoms with Gasteiger partial charge in [0.05, 0.1) is 5.92 Å². The first-order chi connectivity index (χ1) is 9.08. The van der Waals surface area contributed by atoms with Gasteiger partial charge >= 0.3 is 5.97 Å². The van der Waals surface area contributed by atoms with E-state index in [0.29, 0.717) is 12.1 Å². The minimum Gasteiger partial charge on any atom is -0.480 e. The molecule has 0 saturated carbocycles. The molecule has 0 heterocycles. The molecule has 2 rings (SSSR count). The first kappa shape index (κ1) is 13.3. The van der Waals surface area contributed by atoms with Crippen molar-refractivity contribution in [1.82, 2.24) is 0 Å². The van der Waals surface area contributed by atoms with E-state index in [1.807, 2.05) is 6.07 Å². The van der Waals surface area contributed by atoms with Crippen LogP contribution in [0.1, 0.15) is 6.42 Å². The van der Waals surface area contributed by atoms with Gasteiger partial charge in [-0.05, 0) is 18.6 Å². The number of carboxylic acids is 1. The van der Waals surface area contributed by atoms with Gasteiger partial charge in [0, 0.05) is 11.7 Å². The Kier molecular flexibility index (Phi) is 3.97. The molecular formula is C14H16N2O3. The average molecular weight is 260 g/mol. The van der Waals surface area contributed by atoms with Crippen LogP contribution in [0.2, 0.25) is 0 Å². The second-order valence-electron chi connectivity index (χ2n) is 4.54. The molecule has 1 aliphatic rings. The van der Waals surface area contributed by atoms with Gasteiger partial charge in [0.1, 0.15) is 6.54 Å². The zero-order valence-electron chi connectivity index (χ0n) is 10.4. The van der Waals surface area contributed by atoms with E-state index in [2.05, 4.69) is 0 Å². The van der Waals surface area contributed by atoms with Crippen molar-refractivity contribution in [3.05, 3.63) is 42.5 Å². The van der Waals surface area contributed by atoms with Crippen molar-refractivity contribution in [3.63, 3.8) is 0 Å². The first-order valence-electron chi connectivity index (χ1n) is 6.10. The van der Waals surface area contributed by atoms with E-state index >= 15 is 0 Å². The van der Waals surface area contributed by atoms with Crippen LogP contribution >= 0.6 is 0 Å². The minimum atomic E-state index is -1.04. The fraction of sp³-hybridized carbons (Fsp3) is 0.286. The largest absolute Gasteiger partial charge is 0.480 e. The standard InChI is InChI=1S/C14H16N2O3/c15-11-7-6-10(8-11)14(19)16(9-13(17)18)12-4-2-1-3-5-12/h1-7,10-11H,8-9,15H2,(H,17,18). The number of carboxylic acid groups (broad SMARTS) is 1. The number of hydrogen-bond donors (Lipinski definition) is 2. The summed E-state index contributed by atoms with van der Waals surface area (Å²) in [5, 5.41) is 8.95. The Morgan fingerprint density at radius 1 is 1.26 bits per heavy atom. The zero-order chi connectivity index (χ0) is 13.8. The second kappa shape index (κ2) is 5.67. The Labute approximate surface area is 111 Å². The van der Waals surface area contributed by atoms with Crippen LogP contribution in [0.5, 0.6) is 0 Å². The molecule has 5 nitrogen and oxygen atoms in total. The van der Waals surface area contributed by atoms with E-state index in [9.17, 15) is 9.59 Å². The number of para-hydroxylation sites is 1. The summed E-state index contributed by atoms with van der Waals surface area (Å²) in [5.41, 5.74) is 6.32. The Bertz CT molecular complexity index is 499. The van der Waals surface area contributed by atoms with Gasteiger partial charge in [0.15, 0.2) is 0 Å². The third-order valence-electron chi connectivity index (χ3n) is 3.06. The number of benzene rings is 1. The van der Waals surface area contributed by atoms with Gasteiger partial charge in [0.2, 0.25) is 5.91 Å². The third-order valence-corrected chi connectivity index (χ3v) is 3.06. The van der Waals surface area contributed by atoms with Gasteiger partial charge in [-0.15, -0.1) is 0 Å². The number of nitrogens with two attached hydrogens (primary N) is 1. The molecule has 1 aliphatic carbocycles. The summed E-state index contributed by atoms with van der Waals surface area (Å²) in [4.78, 5) is 24.6. The zero-order valence-corrected chi connectivity index (χ0v) is 10.4. The number of carbonyl (C=O) groups excluding carboxylic acids is 1. The number of nitrogens with zero attached hydrogens (tertiary/aromatic N) is 1. The van der Waals surface area contributed by atoms with Crippen LogP contribution in [-0.4, -0.2) is 29.6 Å². The summed E-state index contributed by atoms with van der Waals surface area (Å²) in [7, 11) is 0. The Balaban J connectivity index is 2.21. The lowest BCUT2D eigenvalue weighted by atomic mass is 10.1. The molecular weight excluding hydrogens is 244 g/mol. The fourth-order valence-corrected chi connectivity index (χ4v) is 2.15. The fourth-order valence-electron chi connectivity index (χ4n) is 2.15. The Morgan fingerprint density at radius 2 is 1.95 bits per heavy atom. The Hall–Kier alpha value is -2.14. The van der Waals surface area contributed by atoms with Gasteiger partial charge < -0.3 is 15.7 Å². The van der Waals surface area contributed by atoms with Crippen molar-refractivity contribution in [1.29, 1.82) is 0 Å². The second-order valence-corrected chi connectivity index (χ2v) is 4.54. The molecule has 2 atom stereocenters. The summed E-state index contributed by atoms with van der Waals surface area (Å²) in [6.07, 6.45) is 4.07. The predicted molar refractivity (Wildman–Crippen MR) is 71.7 cm³/mol. The van der Waals surface area contributed by atoms with Gasteiger partial charge in [-0.25, -0.2) is 0 Å². The van der Waals surface area contributed by atoms with Gasteiger partial charge in [-0.3, -0.25) is 9.59 Å². The van der Waals surface area contributed by atoms with Crippen LogP contribution < -0.4 is 10.6 Å². The molecule has 19 heavy (non-hydrogen) atoms. The van der Waals surface area contributed by atoms with Crippen LogP contribution in [0.25, 0.3) is 0 Å². The van der Waals surface area contributed by atoms with Crippen molar-refractivity contribution in [2.24, 2.45) is 11.7 Å². The molecule has 0 bridgehead atoms. The molecule has 0 fully saturated rings. The maximum Gasteiger partial charge on any atom is 0.323 e. The van der Waals surface area contributed by atoms with Crippen molar-refractivity contribution < 1.29 is 14.7 Å². The van der Waals surface area contributed by atoms with E-state index < -0.39 is 5.97 Å². The number of carbonyl (C=O) groups is 2. The highest BCUT2D eigenvalue weighted by atomic mass is 16.4. The molecule has 0 aliphatic heterocycles. The number of rotatable bonds is 4. The lowest BCUT2D eigenvalue weighted by molar-refractivity contribution is -0.137. The molecule has 100 valence electrons. The molecule has 0 radical (unpaired) electrons. The van der Waals surface area contributed by atoms with E-state index in [1.54, 1.807) is 36.4 Å². The molecule has 1 aromatic rings. The van der Waals surface area contributed by atoms with Crippen LogP contribution in [0, 0.1) is 5.92 Å². The van der Waals surface area contributed by atoms with Crippen molar-refractivity contribution in [2.45, 2.75) is 12.5 Å². The maximum absolute atomic E-state index is 12.4. The molecule has 5 heteroatoms. The predicted octanol–water partition coefficient (Wildman–Crippen LogP) is 1.01. The molecule has 1 aromatic carbocycles. The molecule has 0 saturated heterocycles. The summed E-state index contributed by atoms with van der Waals surface area (Å²) in [6.45, 7) is -0.345. The van der Waals surface area contributed by atoms with Gasteiger partial charge in [-0.2, -0.15) is 0 Å². The van der Waals surface area contributed by atoms with Crippen LogP contribution in [0.15, 0.2) is 42.5 Å². The third kappa shape index (κ3) is 3.20. The van der Waals surface area contributed by atoms with E-state index in [-0.39, 0.29) is 24.4 Å². The number of amides is 1. The van der Waals surface area contributed by atoms with Crippen molar-refractivity contribution in [3.8, 4) is 0 Å². The van der Waals surface area contributed by atoms with Gasteiger partial charge in [0.25, 0.3) is 0 Å². The first-order valence-corrected chi connectivity index (χ1v) is 6.10. The van der Waals surface area contributed by atoms with Crippen LogP contribution in [-0.2, 0) is 9.59 Å². The van der Waals surface area contributed by atoms with Crippen LogP contribution in [0.3, 0.4) is 0 Å². The Morgan fingerprint density at radius 3 is 2.47 bits per heavy atom. The maximum atomic E-state index is 12.4. The monoisotopic (exact) mass is 260 g/mol. The van der Waals surface area contributed by atoms with Crippen molar-refractivity contribution in [2.75, 3.05) is 11.4 Å². The lowest BCUT2D eigenvalue weighted by Crippen LogP contribution is -2.39. The highest BCUT2D eigenvalue weighted by Crippen LogP contribution is 2.23. The number of aliphatic carboxylic acids is 1. The van der Waals surface area contributed by atoms with Gasteiger partial charge in [-0.1, -0.05) is 30.4 Å². The smallest absolute Gasteiger partial charge is 0.323 e. The highest BCUT2D eigenvalue weighted by molar-refractivity contribution is 5.99. The highest BCUT2D eigenvalue weighted by Gasteiger charge is 2.29. The molecule has 3 N–H and O–H groups in total. The van der Waals surface area contributed by atoms with E-state index in [0.717, 1.165) is 0 Å². The SMILES string of the molecule is NC1C=CC(C(=O)N(CC(=O)O)c2ccccc2)C1. The summed E-state index contributed by atoms with van der Waals surface area (Å²) in [6, 6.07) is 8.68. The van der Waals surface area contributed by atoms with E-state index in [1.165, 1.54) is 4.90 Å². The van der Waals surface area contributed by atoms with Crippen molar-refractivity contribution >= 4 is 17.6 Å². The van der Waals surface area contributed by atoms with Crippen LogP contribution in [0.4, 0.5) is 5.69 Å². The lowest BCUT2D eigenvalue weighted by Gasteiger charge is -2.23. The number of hydrogen-bond acceptors (Lipinski definition) is 3. The molecule has 1 amide bonds. The number of anilines is 1. The normalized spacial score (nSPS) is 21.3.